The van der Waals surface area contributed by atoms with Crippen LogP contribution < -0.4 is 4.90 Å². The lowest BCUT2D eigenvalue weighted by molar-refractivity contribution is 0.198. The van der Waals surface area contributed by atoms with Crippen molar-refractivity contribution in [2.24, 2.45) is 0 Å². The van der Waals surface area contributed by atoms with E-state index in [0.717, 1.165) is 25.5 Å². The number of pyridine rings is 1. The summed E-state index contributed by atoms with van der Waals surface area (Å²) in [6, 6.07) is 4.40. The number of hydrogen-bond acceptors (Lipinski definition) is 4. The predicted molar refractivity (Wildman–Crippen MR) is 89.1 cm³/mol. The van der Waals surface area contributed by atoms with Crippen molar-refractivity contribution in [2.45, 2.75) is 32.2 Å². The number of aryl methyl sites for hydroxylation is 1. The number of piperidine rings is 1. The monoisotopic (exact) mass is 299 g/mol. The zero-order valence-corrected chi connectivity index (χ0v) is 13.7. The van der Waals surface area contributed by atoms with E-state index in [1.165, 1.54) is 29.8 Å². The van der Waals surface area contributed by atoms with Crippen LogP contribution in [0.5, 0.6) is 0 Å². The molecule has 1 aliphatic rings. The van der Waals surface area contributed by atoms with Gasteiger partial charge in [0.15, 0.2) is 0 Å². The van der Waals surface area contributed by atoms with Gasteiger partial charge < -0.3 is 9.88 Å². The number of likely N-dealkylation sites (tertiary alicyclic amines) is 1. The molecule has 0 amide bonds. The number of aromatic nitrogens is 3. The number of rotatable bonds is 4. The minimum absolute atomic E-state index is 0.592. The van der Waals surface area contributed by atoms with Crippen molar-refractivity contribution in [3.05, 3.63) is 41.6 Å². The van der Waals surface area contributed by atoms with Crippen LogP contribution in [0.3, 0.4) is 0 Å². The Balaban J connectivity index is 1.70. The average Bonchev–Trinajstić information content (AvgIpc) is 2.93. The second-order valence-electron chi connectivity index (χ2n) is 6.39. The zero-order chi connectivity index (χ0) is 15.5. The quantitative estimate of drug-likeness (QED) is 0.942. The summed E-state index contributed by atoms with van der Waals surface area (Å²) in [4.78, 5) is 16.6. The number of anilines is 1. The molecule has 5 heteroatoms. The number of H-pyrrole nitrogens is 1. The first-order valence-electron chi connectivity index (χ1n) is 7.98. The molecule has 0 spiro atoms. The fourth-order valence-electron chi connectivity index (χ4n) is 3.16. The summed E-state index contributed by atoms with van der Waals surface area (Å²) in [5, 5.41) is 0. The number of aromatic amines is 1. The summed E-state index contributed by atoms with van der Waals surface area (Å²) < 4.78 is 0. The number of imidazole rings is 1. The second-order valence-corrected chi connectivity index (χ2v) is 6.39. The maximum absolute atomic E-state index is 4.43. The summed E-state index contributed by atoms with van der Waals surface area (Å²) in [7, 11) is 4.08. The Labute approximate surface area is 132 Å². The lowest BCUT2D eigenvalue weighted by atomic mass is 9.91. The molecular formula is C17H25N5. The van der Waals surface area contributed by atoms with Crippen LogP contribution in [0.2, 0.25) is 0 Å². The highest BCUT2D eigenvalue weighted by Gasteiger charge is 2.22. The van der Waals surface area contributed by atoms with E-state index in [0.29, 0.717) is 5.92 Å². The molecule has 1 atom stereocenters. The summed E-state index contributed by atoms with van der Waals surface area (Å²) in [6.45, 7) is 5.30. The summed E-state index contributed by atoms with van der Waals surface area (Å²) in [5.74, 6) is 1.63. The maximum Gasteiger partial charge on any atom is 0.128 e. The van der Waals surface area contributed by atoms with Crippen molar-refractivity contribution in [1.82, 2.24) is 19.9 Å². The molecule has 118 valence electrons. The van der Waals surface area contributed by atoms with Crippen molar-refractivity contribution in [2.75, 3.05) is 32.1 Å². The Morgan fingerprint density at radius 2 is 2.23 bits per heavy atom. The number of hydrogen-bond donors (Lipinski definition) is 1. The summed E-state index contributed by atoms with van der Waals surface area (Å²) in [5.41, 5.74) is 3.76. The third-order valence-corrected chi connectivity index (χ3v) is 4.51. The van der Waals surface area contributed by atoms with Crippen molar-refractivity contribution in [3.63, 3.8) is 0 Å². The van der Waals surface area contributed by atoms with Gasteiger partial charge in [0.25, 0.3) is 0 Å². The Bertz CT molecular complexity index is 619. The van der Waals surface area contributed by atoms with E-state index in [2.05, 4.69) is 43.8 Å². The van der Waals surface area contributed by atoms with Crippen molar-refractivity contribution >= 4 is 5.82 Å². The molecule has 1 fully saturated rings. The van der Waals surface area contributed by atoms with Crippen LogP contribution in [0.15, 0.2) is 24.7 Å². The fraction of sp³-hybridized carbons (Fsp3) is 0.529. The molecule has 1 N–H and O–H groups in total. The van der Waals surface area contributed by atoms with Gasteiger partial charge in [0.05, 0.1) is 12.0 Å². The van der Waals surface area contributed by atoms with Crippen LogP contribution in [0, 0.1) is 6.92 Å². The fourth-order valence-corrected chi connectivity index (χ4v) is 3.16. The predicted octanol–water partition coefficient (Wildman–Crippen LogP) is 2.56. The van der Waals surface area contributed by atoms with Crippen LogP contribution in [0.4, 0.5) is 5.82 Å². The molecule has 2 aromatic rings. The van der Waals surface area contributed by atoms with Gasteiger partial charge >= 0.3 is 0 Å². The van der Waals surface area contributed by atoms with Crippen molar-refractivity contribution < 1.29 is 0 Å². The van der Waals surface area contributed by atoms with Crippen LogP contribution in [-0.2, 0) is 6.54 Å². The molecule has 0 unspecified atom stereocenters. The molecule has 3 rings (SSSR count). The second kappa shape index (κ2) is 6.48. The first-order chi connectivity index (χ1) is 10.6. The molecule has 0 bridgehead atoms. The highest BCUT2D eigenvalue weighted by Crippen LogP contribution is 2.29. The van der Waals surface area contributed by atoms with E-state index in [1.807, 2.05) is 20.3 Å². The molecule has 0 radical (unpaired) electrons. The van der Waals surface area contributed by atoms with E-state index >= 15 is 0 Å². The largest absolute Gasteiger partial charge is 0.363 e. The van der Waals surface area contributed by atoms with E-state index in [4.69, 9.17) is 0 Å². The Hall–Kier alpha value is -1.88. The highest BCUT2D eigenvalue weighted by molar-refractivity contribution is 5.40. The molecular weight excluding hydrogens is 274 g/mol. The molecule has 0 aromatic carbocycles. The topological polar surface area (TPSA) is 48.1 Å². The van der Waals surface area contributed by atoms with Crippen LogP contribution >= 0.6 is 0 Å². The average molecular weight is 299 g/mol. The number of nitrogens with zero attached hydrogens (tertiary/aromatic N) is 4. The first kappa shape index (κ1) is 15.0. The molecule has 1 aliphatic heterocycles. The Morgan fingerprint density at radius 1 is 1.36 bits per heavy atom. The zero-order valence-electron chi connectivity index (χ0n) is 13.7. The third kappa shape index (κ3) is 3.30. The molecule has 0 aliphatic carbocycles. The smallest absolute Gasteiger partial charge is 0.128 e. The molecule has 2 aromatic heterocycles. The van der Waals surface area contributed by atoms with Crippen LogP contribution in [-0.4, -0.2) is 47.0 Å². The highest BCUT2D eigenvalue weighted by atomic mass is 15.1. The van der Waals surface area contributed by atoms with Gasteiger partial charge in [-0.3, -0.25) is 4.90 Å². The lowest BCUT2D eigenvalue weighted by Gasteiger charge is -2.33. The summed E-state index contributed by atoms with van der Waals surface area (Å²) >= 11 is 0. The molecule has 3 heterocycles. The van der Waals surface area contributed by atoms with Gasteiger partial charge in [0.2, 0.25) is 0 Å². The van der Waals surface area contributed by atoms with Crippen molar-refractivity contribution in [1.29, 1.82) is 0 Å². The van der Waals surface area contributed by atoms with Crippen molar-refractivity contribution in [3.8, 4) is 0 Å². The van der Waals surface area contributed by atoms with Gasteiger partial charge in [-0.2, -0.15) is 0 Å². The minimum atomic E-state index is 0.592. The normalized spacial score (nSPS) is 19.3. The van der Waals surface area contributed by atoms with Gasteiger partial charge in [0.1, 0.15) is 5.82 Å². The van der Waals surface area contributed by atoms with Crippen LogP contribution in [0.1, 0.15) is 35.7 Å². The van der Waals surface area contributed by atoms with Gasteiger partial charge in [-0.05, 0) is 49.9 Å². The first-order valence-corrected chi connectivity index (χ1v) is 7.98. The van der Waals surface area contributed by atoms with Gasteiger partial charge in [-0.1, -0.05) is 0 Å². The maximum atomic E-state index is 4.43. The molecule has 1 saturated heterocycles. The lowest BCUT2D eigenvalue weighted by Crippen LogP contribution is -2.34. The van der Waals surface area contributed by atoms with Crippen LogP contribution in [0.25, 0.3) is 0 Å². The van der Waals surface area contributed by atoms with Gasteiger partial charge in [-0.25, -0.2) is 9.97 Å². The summed E-state index contributed by atoms with van der Waals surface area (Å²) in [6.07, 6.45) is 6.22. The van der Waals surface area contributed by atoms with Gasteiger partial charge in [0, 0.05) is 39.1 Å². The Kier molecular flexibility index (Phi) is 4.43. The third-order valence-electron chi connectivity index (χ3n) is 4.51. The molecule has 22 heavy (non-hydrogen) atoms. The van der Waals surface area contributed by atoms with E-state index in [9.17, 15) is 0 Å². The SMILES string of the molecule is Cc1[nH]cnc1CN1CCC[C@@H](c2ccnc(N(C)C)c2)C1. The minimum Gasteiger partial charge on any atom is -0.363 e. The Morgan fingerprint density at radius 3 is 2.95 bits per heavy atom. The van der Waals surface area contributed by atoms with E-state index < -0.39 is 0 Å². The number of nitrogens with one attached hydrogen (secondary N) is 1. The van der Waals surface area contributed by atoms with Gasteiger partial charge in [-0.15, -0.1) is 0 Å². The molecule has 5 nitrogen and oxygen atoms in total. The standard InChI is InChI=1S/C17H25N5/c1-13-16(20-12-19-13)11-22-8-4-5-15(10-22)14-6-7-18-17(9-14)21(2)3/h6-7,9,12,15H,4-5,8,10-11H2,1-3H3,(H,19,20)/t15-/m1/s1. The van der Waals surface area contributed by atoms with E-state index in [1.54, 1.807) is 6.33 Å². The van der Waals surface area contributed by atoms with E-state index in [-0.39, 0.29) is 0 Å². The molecule has 0 saturated carbocycles.